The van der Waals surface area contributed by atoms with Crippen LogP contribution in [0.2, 0.25) is 0 Å². The number of nitrogens with zero attached hydrogens (tertiary/aromatic N) is 3. The molecule has 0 spiro atoms. The Bertz CT molecular complexity index is 979. The normalized spacial score (nSPS) is 16.7. The highest BCUT2D eigenvalue weighted by molar-refractivity contribution is 5.79. The molecule has 1 N–H and O–H groups in total. The van der Waals surface area contributed by atoms with Crippen LogP contribution in [0.3, 0.4) is 0 Å². The molecule has 1 aliphatic rings. The summed E-state index contributed by atoms with van der Waals surface area (Å²) in [7, 11) is 4.71. The fourth-order valence-electron chi connectivity index (χ4n) is 3.54. The van der Waals surface area contributed by atoms with Crippen LogP contribution in [0.1, 0.15) is 18.4 Å². The van der Waals surface area contributed by atoms with Crippen molar-refractivity contribution in [1.29, 1.82) is 0 Å². The summed E-state index contributed by atoms with van der Waals surface area (Å²) in [5.74, 6) is 1.08. The number of nitrogens with one attached hydrogen (secondary N) is 1. The maximum atomic E-state index is 12.7. The monoisotopic (exact) mass is 386 g/mol. The van der Waals surface area contributed by atoms with E-state index in [1.54, 1.807) is 14.2 Å². The fourth-order valence-corrected chi connectivity index (χ4v) is 3.54. The Balaban J connectivity index is 1.68. The van der Waals surface area contributed by atoms with Crippen LogP contribution in [0.5, 0.6) is 5.75 Å². The number of carbonyl (C=O) groups is 1. The minimum Gasteiger partial charge on any atom is -0.497 e. The maximum absolute atomic E-state index is 12.7. The first-order chi connectivity index (χ1) is 13.4. The van der Waals surface area contributed by atoms with Gasteiger partial charge in [-0.15, -0.1) is 0 Å². The van der Waals surface area contributed by atoms with Gasteiger partial charge < -0.3 is 15.0 Å². The van der Waals surface area contributed by atoms with Crippen molar-refractivity contribution in [3.8, 4) is 5.75 Å². The van der Waals surface area contributed by atoms with Gasteiger partial charge in [0.25, 0.3) is 5.56 Å². The van der Waals surface area contributed by atoms with Crippen molar-refractivity contribution >= 4 is 11.7 Å². The summed E-state index contributed by atoms with van der Waals surface area (Å²) < 4.78 is 7.74. The van der Waals surface area contributed by atoms with Gasteiger partial charge in [0.2, 0.25) is 5.91 Å². The van der Waals surface area contributed by atoms with E-state index in [2.05, 4.69) is 5.32 Å². The minimum atomic E-state index is -0.368. The summed E-state index contributed by atoms with van der Waals surface area (Å²) in [6, 6.07) is 9.03. The predicted molar refractivity (Wildman–Crippen MR) is 107 cm³/mol. The van der Waals surface area contributed by atoms with Crippen LogP contribution in [-0.2, 0) is 25.4 Å². The van der Waals surface area contributed by atoms with Crippen LogP contribution in [0, 0.1) is 5.92 Å². The largest absolute Gasteiger partial charge is 0.497 e. The topological polar surface area (TPSA) is 85.6 Å². The average Bonchev–Trinajstić information content (AvgIpc) is 2.73. The number of methoxy groups -OCH3 is 1. The summed E-state index contributed by atoms with van der Waals surface area (Å²) in [5, 5.41) is 2.98. The zero-order valence-electron chi connectivity index (χ0n) is 16.5. The van der Waals surface area contributed by atoms with E-state index in [-0.39, 0.29) is 23.1 Å². The molecule has 1 aliphatic heterocycles. The van der Waals surface area contributed by atoms with E-state index in [1.165, 1.54) is 17.7 Å². The Morgan fingerprint density at radius 2 is 2.00 bits per heavy atom. The number of rotatable bonds is 5. The van der Waals surface area contributed by atoms with Gasteiger partial charge in [0.1, 0.15) is 11.6 Å². The molecule has 1 atom stereocenters. The summed E-state index contributed by atoms with van der Waals surface area (Å²) in [4.78, 5) is 38.8. The molecule has 1 fully saturated rings. The van der Waals surface area contributed by atoms with Gasteiger partial charge in [-0.3, -0.25) is 18.7 Å². The number of piperidine rings is 1. The summed E-state index contributed by atoms with van der Waals surface area (Å²) in [5.41, 5.74) is 0.254. The Labute approximate surface area is 163 Å². The standard InChI is InChI=1S/C20H26N4O4/c1-22-17(11-18(25)23(2)20(22)27)24-9-5-7-15(13-24)19(26)21-12-14-6-4-8-16(10-14)28-3/h4,6,8,10-11,15H,5,7,9,12-13H2,1-3H3,(H,21,26)/t15-/m0/s1. The van der Waals surface area contributed by atoms with Crippen LogP contribution in [0.25, 0.3) is 0 Å². The van der Waals surface area contributed by atoms with Crippen LogP contribution >= 0.6 is 0 Å². The molecule has 1 saturated heterocycles. The molecule has 150 valence electrons. The molecule has 8 nitrogen and oxygen atoms in total. The maximum Gasteiger partial charge on any atom is 0.332 e. The fraction of sp³-hybridized carbons (Fsp3) is 0.450. The molecule has 1 aromatic heterocycles. The van der Waals surface area contributed by atoms with Gasteiger partial charge in [-0.2, -0.15) is 0 Å². The Kier molecular flexibility index (Phi) is 5.87. The van der Waals surface area contributed by atoms with Crippen LogP contribution < -0.4 is 26.2 Å². The third kappa shape index (κ3) is 4.11. The second-order valence-corrected chi connectivity index (χ2v) is 7.10. The molecule has 0 radical (unpaired) electrons. The van der Waals surface area contributed by atoms with Crippen molar-refractivity contribution in [2.45, 2.75) is 19.4 Å². The molecule has 2 heterocycles. The highest BCUT2D eigenvalue weighted by Crippen LogP contribution is 2.21. The predicted octanol–water partition coefficient (Wildman–Crippen LogP) is 0.625. The van der Waals surface area contributed by atoms with Gasteiger partial charge in [-0.1, -0.05) is 12.1 Å². The van der Waals surface area contributed by atoms with Crippen LogP contribution in [0.15, 0.2) is 39.9 Å². The smallest absolute Gasteiger partial charge is 0.332 e. The van der Waals surface area contributed by atoms with Gasteiger partial charge >= 0.3 is 5.69 Å². The molecule has 2 aromatic rings. The zero-order chi connectivity index (χ0) is 20.3. The summed E-state index contributed by atoms with van der Waals surface area (Å²) >= 11 is 0. The SMILES string of the molecule is COc1cccc(CNC(=O)[C@H]2CCCN(c3cc(=O)n(C)c(=O)n3C)C2)c1. The van der Waals surface area contributed by atoms with Gasteiger partial charge in [-0.25, -0.2) is 4.79 Å². The second kappa shape index (κ2) is 8.33. The molecule has 0 aliphatic carbocycles. The van der Waals surface area contributed by atoms with Crippen molar-refractivity contribution in [2.75, 3.05) is 25.1 Å². The molecule has 0 unspecified atom stereocenters. The zero-order valence-corrected chi connectivity index (χ0v) is 16.5. The Morgan fingerprint density at radius 1 is 1.21 bits per heavy atom. The molecule has 8 heteroatoms. The lowest BCUT2D eigenvalue weighted by Gasteiger charge is -2.34. The first-order valence-corrected chi connectivity index (χ1v) is 9.33. The summed E-state index contributed by atoms with van der Waals surface area (Å²) in [6.45, 7) is 1.61. The molecule has 0 saturated carbocycles. The molecular weight excluding hydrogens is 360 g/mol. The lowest BCUT2D eigenvalue weighted by molar-refractivity contribution is -0.125. The number of hydrogen-bond donors (Lipinski definition) is 1. The first-order valence-electron chi connectivity index (χ1n) is 9.33. The van der Waals surface area contributed by atoms with E-state index in [0.717, 1.165) is 28.7 Å². The van der Waals surface area contributed by atoms with Crippen molar-refractivity contribution in [2.24, 2.45) is 20.0 Å². The van der Waals surface area contributed by atoms with Gasteiger partial charge in [-0.05, 0) is 30.5 Å². The number of benzene rings is 1. The highest BCUT2D eigenvalue weighted by Gasteiger charge is 2.27. The molecule has 1 aromatic carbocycles. The lowest BCUT2D eigenvalue weighted by atomic mass is 9.97. The lowest BCUT2D eigenvalue weighted by Crippen LogP contribution is -2.46. The Morgan fingerprint density at radius 3 is 2.75 bits per heavy atom. The highest BCUT2D eigenvalue weighted by atomic mass is 16.5. The number of anilines is 1. The van der Waals surface area contributed by atoms with E-state index in [9.17, 15) is 14.4 Å². The van der Waals surface area contributed by atoms with E-state index < -0.39 is 0 Å². The average molecular weight is 386 g/mol. The second-order valence-electron chi connectivity index (χ2n) is 7.10. The van der Waals surface area contributed by atoms with Crippen molar-refractivity contribution in [1.82, 2.24) is 14.5 Å². The molecule has 1 amide bonds. The quantitative estimate of drug-likeness (QED) is 0.815. The molecule has 0 bridgehead atoms. The van der Waals surface area contributed by atoms with E-state index in [1.807, 2.05) is 29.2 Å². The van der Waals surface area contributed by atoms with Crippen molar-refractivity contribution in [3.05, 3.63) is 56.7 Å². The van der Waals surface area contributed by atoms with Crippen molar-refractivity contribution in [3.63, 3.8) is 0 Å². The first kappa shape index (κ1) is 19.7. The van der Waals surface area contributed by atoms with E-state index in [4.69, 9.17) is 4.74 Å². The Hall–Kier alpha value is -3.03. The number of carbonyl (C=O) groups excluding carboxylic acids is 1. The van der Waals surface area contributed by atoms with E-state index >= 15 is 0 Å². The number of amides is 1. The van der Waals surface area contributed by atoms with Gasteiger partial charge in [0, 0.05) is 39.8 Å². The third-order valence-corrected chi connectivity index (χ3v) is 5.22. The van der Waals surface area contributed by atoms with Crippen molar-refractivity contribution < 1.29 is 9.53 Å². The number of ether oxygens (including phenoxy) is 1. The van der Waals surface area contributed by atoms with Crippen LogP contribution in [0.4, 0.5) is 5.82 Å². The number of hydrogen-bond acceptors (Lipinski definition) is 5. The minimum absolute atomic E-state index is 0.0265. The summed E-state index contributed by atoms with van der Waals surface area (Å²) in [6.07, 6.45) is 1.60. The molecular formula is C20H26N4O4. The number of aromatic nitrogens is 2. The van der Waals surface area contributed by atoms with Crippen LogP contribution in [-0.4, -0.2) is 35.2 Å². The molecule has 3 rings (SSSR count). The van der Waals surface area contributed by atoms with E-state index in [0.29, 0.717) is 25.5 Å². The van der Waals surface area contributed by atoms with Gasteiger partial charge in [0.15, 0.2) is 0 Å². The third-order valence-electron chi connectivity index (χ3n) is 5.22. The molecule has 28 heavy (non-hydrogen) atoms. The van der Waals surface area contributed by atoms with Gasteiger partial charge in [0.05, 0.1) is 13.0 Å².